The van der Waals surface area contributed by atoms with Crippen LogP contribution in [0.5, 0.6) is 0 Å². The minimum atomic E-state index is 0.260. The van der Waals surface area contributed by atoms with Crippen molar-refractivity contribution in [2.75, 3.05) is 23.0 Å². The maximum Gasteiger partial charge on any atom is 0.142 e. The highest BCUT2D eigenvalue weighted by Gasteiger charge is 2.08. The van der Waals surface area contributed by atoms with Gasteiger partial charge in [-0.05, 0) is 25.7 Å². The molecule has 0 N–H and O–H groups in total. The van der Waals surface area contributed by atoms with Gasteiger partial charge >= 0.3 is 0 Å². The lowest BCUT2D eigenvalue weighted by atomic mass is 10.1. The number of hydrogen-bond acceptors (Lipinski definition) is 6. The Hall–Kier alpha value is -0.620. The molecule has 6 heteroatoms. The molecule has 0 atom stereocenters. The molecule has 1 saturated heterocycles. The van der Waals surface area contributed by atoms with Crippen molar-refractivity contribution in [3.63, 3.8) is 0 Å². The van der Waals surface area contributed by atoms with E-state index in [1.807, 2.05) is 0 Å². The second-order valence-electron chi connectivity index (χ2n) is 8.38. The Morgan fingerprint density at radius 1 is 0.333 bits per heavy atom. The van der Waals surface area contributed by atoms with Gasteiger partial charge in [0.05, 0.1) is 23.0 Å². The Balaban J connectivity index is 2.27. The van der Waals surface area contributed by atoms with Crippen LogP contribution in [0.15, 0.2) is 0 Å². The van der Waals surface area contributed by atoms with Gasteiger partial charge < -0.3 is 0 Å². The molecule has 0 amide bonds. The van der Waals surface area contributed by atoms with E-state index >= 15 is 0 Å². The third kappa shape index (κ3) is 17.1. The second kappa shape index (κ2) is 19.1. The number of hydrogen-bond donors (Lipinski definition) is 0. The molecule has 0 radical (unpaired) electrons. The highest BCUT2D eigenvalue weighted by Crippen LogP contribution is 2.14. The minimum Gasteiger partial charge on any atom is -0.299 e. The summed E-state index contributed by atoms with van der Waals surface area (Å²) in [4.78, 5) is 47.7. The molecular formula is C24H40O4S2. The summed E-state index contributed by atoms with van der Waals surface area (Å²) in [6, 6.07) is 0. The summed E-state index contributed by atoms with van der Waals surface area (Å²) in [7, 11) is 0. The van der Waals surface area contributed by atoms with Crippen molar-refractivity contribution in [2.24, 2.45) is 0 Å². The minimum absolute atomic E-state index is 0.260. The molecular weight excluding hydrogens is 416 g/mol. The van der Waals surface area contributed by atoms with Gasteiger partial charge in [0, 0.05) is 25.7 Å². The largest absolute Gasteiger partial charge is 0.299 e. The molecule has 0 saturated carbocycles. The van der Waals surface area contributed by atoms with Crippen molar-refractivity contribution in [1.29, 1.82) is 0 Å². The fraction of sp³-hybridized carbons (Fsp3) is 0.833. The Morgan fingerprint density at radius 2 is 0.533 bits per heavy atom. The van der Waals surface area contributed by atoms with Crippen molar-refractivity contribution in [1.82, 2.24) is 0 Å². The predicted molar refractivity (Wildman–Crippen MR) is 129 cm³/mol. The molecule has 0 aromatic heterocycles. The summed E-state index contributed by atoms with van der Waals surface area (Å²) < 4.78 is 0. The van der Waals surface area contributed by atoms with Gasteiger partial charge in [-0.15, -0.1) is 23.5 Å². The standard InChI is InChI=1S/C24H40O4S2/c25-21-13-9-5-1-2-6-10-14-22(26)18-30-20-24(28)16-12-8-4-3-7-11-15-23(27)19-29-17-21/h1-20H2. The van der Waals surface area contributed by atoms with Crippen molar-refractivity contribution in [2.45, 2.75) is 103 Å². The highest BCUT2D eigenvalue weighted by atomic mass is 32.2. The van der Waals surface area contributed by atoms with Gasteiger partial charge in [0.2, 0.25) is 0 Å². The molecule has 0 aliphatic carbocycles. The SMILES string of the molecule is O=C1CCCCCCCCC(=O)CSCC(=O)CCCCCCCCC(=O)CSC1. The third-order valence-corrected chi connectivity index (χ3v) is 7.48. The van der Waals surface area contributed by atoms with Gasteiger partial charge in [-0.2, -0.15) is 0 Å². The number of Topliss-reactive ketones (excluding diaryl/α,β-unsaturated/α-hetero) is 4. The average molecular weight is 457 g/mol. The zero-order chi connectivity index (χ0) is 21.9. The average Bonchev–Trinajstić information content (AvgIpc) is 2.71. The quantitative estimate of drug-likeness (QED) is 0.446. The van der Waals surface area contributed by atoms with Crippen LogP contribution < -0.4 is 0 Å². The Kier molecular flexibility index (Phi) is 17.4. The molecule has 0 unspecified atom stereocenters. The van der Waals surface area contributed by atoms with E-state index in [9.17, 15) is 19.2 Å². The van der Waals surface area contributed by atoms with E-state index in [0.29, 0.717) is 48.7 Å². The van der Waals surface area contributed by atoms with Gasteiger partial charge in [-0.3, -0.25) is 19.2 Å². The van der Waals surface area contributed by atoms with E-state index in [2.05, 4.69) is 0 Å². The maximum absolute atomic E-state index is 11.9. The van der Waals surface area contributed by atoms with E-state index in [1.54, 1.807) is 0 Å². The van der Waals surface area contributed by atoms with Gasteiger partial charge in [-0.25, -0.2) is 0 Å². The molecule has 1 aliphatic rings. The van der Waals surface area contributed by atoms with Gasteiger partial charge in [-0.1, -0.05) is 51.4 Å². The van der Waals surface area contributed by atoms with Gasteiger partial charge in [0.15, 0.2) is 0 Å². The fourth-order valence-corrected chi connectivity index (χ4v) is 5.24. The van der Waals surface area contributed by atoms with E-state index in [-0.39, 0.29) is 23.1 Å². The van der Waals surface area contributed by atoms with Crippen LogP contribution in [0.3, 0.4) is 0 Å². The molecule has 1 heterocycles. The summed E-state index contributed by atoms with van der Waals surface area (Å²) in [5.74, 6) is 2.89. The first-order chi connectivity index (χ1) is 14.6. The number of rotatable bonds is 0. The molecule has 1 fully saturated rings. The fourth-order valence-electron chi connectivity index (χ4n) is 3.55. The van der Waals surface area contributed by atoms with Crippen molar-refractivity contribution in [3.8, 4) is 0 Å². The summed E-state index contributed by atoms with van der Waals surface area (Å²) in [5.41, 5.74) is 0. The summed E-state index contributed by atoms with van der Waals surface area (Å²) in [6.45, 7) is 0. The molecule has 0 spiro atoms. The zero-order valence-electron chi connectivity index (χ0n) is 18.6. The second-order valence-corrected chi connectivity index (χ2v) is 10.4. The van der Waals surface area contributed by atoms with Gasteiger partial charge in [0.25, 0.3) is 0 Å². The van der Waals surface area contributed by atoms with E-state index in [4.69, 9.17) is 0 Å². The Labute approximate surface area is 191 Å². The van der Waals surface area contributed by atoms with E-state index < -0.39 is 0 Å². The molecule has 1 rings (SSSR count). The topological polar surface area (TPSA) is 68.3 Å². The first-order valence-corrected chi connectivity index (χ1v) is 14.1. The lowest BCUT2D eigenvalue weighted by Crippen LogP contribution is -2.07. The predicted octanol–water partition coefficient (Wildman–Crippen LogP) is 5.98. The van der Waals surface area contributed by atoms with Crippen LogP contribution in [0.2, 0.25) is 0 Å². The Bertz CT molecular complexity index is 429. The van der Waals surface area contributed by atoms with Crippen LogP contribution in [0, 0.1) is 0 Å². The third-order valence-electron chi connectivity index (χ3n) is 5.37. The number of ketones is 4. The number of thioether (sulfide) groups is 2. The van der Waals surface area contributed by atoms with Crippen molar-refractivity contribution in [3.05, 3.63) is 0 Å². The van der Waals surface area contributed by atoms with E-state index in [1.165, 1.54) is 23.5 Å². The van der Waals surface area contributed by atoms with Crippen molar-refractivity contribution >= 4 is 46.7 Å². The Morgan fingerprint density at radius 3 is 0.767 bits per heavy atom. The van der Waals surface area contributed by atoms with Crippen LogP contribution in [0.1, 0.15) is 103 Å². The smallest absolute Gasteiger partial charge is 0.142 e. The summed E-state index contributed by atoms with van der Waals surface area (Å²) in [6.07, 6.45) is 14.8. The molecule has 172 valence electrons. The molecule has 1 aliphatic heterocycles. The van der Waals surface area contributed by atoms with E-state index in [0.717, 1.165) is 77.0 Å². The normalized spacial score (nSPS) is 22.7. The number of carbonyl (C=O) groups excluding carboxylic acids is 4. The molecule has 0 aromatic rings. The van der Waals surface area contributed by atoms with Crippen LogP contribution in [0.25, 0.3) is 0 Å². The molecule has 0 aromatic carbocycles. The lowest BCUT2D eigenvalue weighted by Gasteiger charge is -2.05. The zero-order valence-corrected chi connectivity index (χ0v) is 20.2. The molecule has 30 heavy (non-hydrogen) atoms. The first kappa shape index (κ1) is 27.4. The monoisotopic (exact) mass is 456 g/mol. The first-order valence-electron chi connectivity index (χ1n) is 11.8. The van der Waals surface area contributed by atoms with Crippen LogP contribution >= 0.6 is 23.5 Å². The van der Waals surface area contributed by atoms with Crippen LogP contribution in [0.4, 0.5) is 0 Å². The highest BCUT2D eigenvalue weighted by molar-refractivity contribution is 8.00. The molecule has 0 bridgehead atoms. The van der Waals surface area contributed by atoms with Crippen molar-refractivity contribution < 1.29 is 19.2 Å². The van der Waals surface area contributed by atoms with Gasteiger partial charge in [0.1, 0.15) is 23.1 Å². The lowest BCUT2D eigenvalue weighted by molar-refractivity contribution is -0.118. The summed E-state index contributed by atoms with van der Waals surface area (Å²) >= 11 is 2.94. The summed E-state index contributed by atoms with van der Waals surface area (Å²) in [5, 5.41) is 0. The maximum atomic E-state index is 11.9. The van der Waals surface area contributed by atoms with Crippen LogP contribution in [-0.2, 0) is 19.2 Å². The number of carbonyl (C=O) groups is 4. The molecule has 4 nitrogen and oxygen atoms in total. The van der Waals surface area contributed by atoms with Crippen LogP contribution in [-0.4, -0.2) is 46.1 Å².